The van der Waals surface area contributed by atoms with Gasteiger partial charge in [0.15, 0.2) is 0 Å². The fourth-order valence-electron chi connectivity index (χ4n) is 1.32. The van der Waals surface area contributed by atoms with Crippen LogP contribution in [0.5, 0.6) is 17.4 Å². The number of benzene rings is 1. The summed E-state index contributed by atoms with van der Waals surface area (Å²) in [5, 5.41) is 9.11. The molecule has 0 aliphatic heterocycles. The molecule has 5 heteroatoms. The van der Waals surface area contributed by atoms with Crippen LogP contribution < -0.4 is 9.47 Å². The van der Waals surface area contributed by atoms with E-state index in [9.17, 15) is 0 Å². The summed E-state index contributed by atoms with van der Waals surface area (Å²) >= 11 is 0. The Hall–Kier alpha value is -2.14. The minimum atomic E-state index is -0.167. The third-order valence-electron chi connectivity index (χ3n) is 2.17. The van der Waals surface area contributed by atoms with Crippen molar-refractivity contribution in [2.45, 2.75) is 6.61 Å². The van der Waals surface area contributed by atoms with Crippen molar-refractivity contribution >= 4 is 0 Å². The Balaban J connectivity index is 2.24. The molecule has 0 unspecified atom stereocenters. The number of aliphatic hydroxyl groups excluding tert-OH is 1. The molecule has 1 N–H and O–H groups in total. The highest BCUT2D eigenvalue weighted by Crippen LogP contribution is 2.25. The second-order valence-corrected chi connectivity index (χ2v) is 3.29. The largest absolute Gasteiger partial charge is 0.497 e. The lowest BCUT2D eigenvalue weighted by molar-refractivity contribution is 0.274. The molecule has 17 heavy (non-hydrogen) atoms. The summed E-state index contributed by atoms with van der Waals surface area (Å²) in [4.78, 5) is 7.78. The smallest absolute Gasteiger partial charge is 0.227 e. The lowest BCUT2D eigenvalue weighted by Crippen LogP contribution is -1.96. The summed E-state index contributed by atoms with van der Waals surface area (Å²) in [6.07, 6.45) is 2.89. The summed E-state index contributed by atoms with van der Waals surface area (Å²) in [5.41, 5.74) is 0.537. The standard InChI is InChI=1S/C12H12N2O3/c1-16-10-3-2-4-11(5-10)17-12-9(7-15)6-13-8-14-12/h2-6,8,15H,7H2,1H3. The van der Waals surface area contributed by atoms with Gasteiger partial charge in [-0.25, -0.2) is 9.97 Å². The maximum Gasteiger partial charge on any atom is 0.227 e. The van der Waals surface area contributed by atoms with Gasteiger partial charge in [-0.1, -0.05) is 6.07 Å². The quantitative estimate of drug-likeness (QED) is 0.870. The normalized spacial score (nSPS) is 10.0. The molecule has 0 bridgehead atoms. The highest BCUT2D eigenvalue weighted by atomic mass is 16.5. The zero-order valence-electron chi connectivity index (χ0n) is 9.33. The third kappa shape index (κ3) is 2.70. The maximum absolute atomic E-state index is 9.11. The van der Waals surface area contributed by atoms with Crippen molar-refractivity contribution in [3.8, 4) is 17.4 Å². The Morgan fingerprint density at radius 1 is 1.29 bits per heavy atom. The van der Waals surface area contributed by atoms with E-state index < -0.39 is 0 Å². The number of rotatable bonds is 4. The molecule has 0 amide bonds. The topological polar surface area (TPSA) is 64.5 Å². The summed E-state index contributed by atoms with van der Waals surface area (Å²) in [6, 6.07) is 7.16. The van der Waals surface area contributed by atoms with E-state index in [1.165, 1.54) is 12.5 Å². The van der Waals surface area contributed by atoms with Crippen LogP contribution in [0, 0.1) is 0 Å². The molecule has 2 aromatic rings. The Kier molecular flexibility index (Phi) is 3.52. The molecular formula is C12H12N2O3. The van der Waals surface area contributed by atoms with Gasteiger partial charge in [0.05, 0.1) is 19.3 Å². The first kappa shape index (κ1) is 11.3. The van der Waals surface area contributed by atoms with Crippen molar-refractivity contribution in [3.63, 3.8) is 0 Å². The molecule has 0 radical (unpaired) electrons. The monoisotopic (exact) mass is 232 g/mol. The Bertz CT molecular complexity index is 503. The molecule has 0 atom stereocenters. The molecule has 1 aromatic carbocycles. The van der Waals surface area contributed by atoms with Gasteiger partial charge >= 0.3 is 0 Å². The Labute approximate surface area is 98.7 Å². The number of methoxy groups -OCH3 is 1. The molecule has 0 spiro atoms. The number of aliphatic hydroxyl groups is 1. The minimum absolute atomic E-state index is 0.167. The van der Waals surface area contributed by atoms with Gasteiger partial charge in [-0.15, -0.1) is 0 Å². The van der Waals surface area contributed by atoms with Crippen LogP contribution >= 0.6 is 0 Å². The Morgan fingerprint density at radius 2 is 2.12 bits per heavy atom. The number of aromatic nitrogens is 2. The molecule has 1 aromatic heterocycles. The van der Waals surface area contributed by atoms with Crippen molar-refractivity contribution in [2.75, 3.05) is 7.11 Å². The van der Waals surface area contributed by atoms with Crippen LogP contribution in [0.25, 0.3) is 0 Å². The number of nitrogens with zero attached hydrogens (tertiary/aromatic N) is 2. The van der Waals surface area contributed by atoms with E-state index in [4.69, 9.17) is 14.6 Å². The summed E-state index contributed by atoms with van der Waals surface area (Å²) in [6.45, 7) is -0.167. The first-order valence-corrected chi connectivity index (χ1v) is 5.05. The van der Waals surface area contributed by atoms with Gasteiger partial charge in [0.1, 0.15) is 17.8 Å². The molecule has 0 fully saturated rings. The predicted octanol–water partition coefficient (Wildman–Crippen LogP) is 1.77. The highest BCUT2D eigenvalue weighted by Gasteiger charge is 2.06. The maximum atomic E-state index is 9.11. The van der Waals surface area contributed by atoms with E-state index in [-0.39, 0.29) is 6.61 Å². The molecule has 2 rings (SSSR count). The minimum Gasteiger partial charge on any atom is -0.497 e. The predicted molar refractivity (Wildman–Crippen MR) is 61.0 cm³/mol. The van der Waals surface area contributed by atoms with E-state index in [0.717, 1.165) is 0 Å². The fourth-order valence-corrected chi connectivity index (χ4v) is 1.32. The summed E-state index contributed by atoms with van der Waals surface area (Å²) < 4.78 is 10.6. The van der Waals surface area contributed by atoms with Crippen LogP contribution in [0.4, 0.5) is 0 Å². The van der Waals surface area contributed by atoms with Crippen molar-refractivity contribution in [1.82, 2.24) is 9.97 Å². The summed E-state index contributed by atoms with van der Waals surface area (Å²) in [7, 11) is 1.59. The number of hydrogen-bond donors (Lipinski definition) is 1. The van der Waals surface area contributed by atoms with Gasteiger partial charge in [-0.05, 0) is 12.1 Å². The van der Waals surface area contributed by atoms with E-state index >= 15 is 0 Å². The summed E-state index contributed by atoms with van der Waals surface area (Å²) in [5.74, 6) is 1.63. The van der Waals surface area contributed by atoms with Gasteiger partial charge in [-0.3, -0.25) is 0 Å². The third-order valence-corrected chi connectivity index (χ3v) is 2.17. The first-order valence-electron chi connectivity index (χ1n) is 5.05. The van der Waals surface area contributed by atoms with Crippen molar-refractivity contribution in [2.24, 2.45) is 0 Å². The zero-order valence-corrected chi connectivity index (χ0v) is 9.33. The van der Waals surface area contributed by atoms with Gasteiger partial charge in [0, 0.05) is 12.3 Å². The SMILES string of the molecule is COc1cccc(Oc2ncncc2CO)c1. The van der Waals surface area contributed by atoms with Gasteiger partial charge in [0.25, 0.3) is 0 Å². The zero-order chi connectivity index (χ0) is 12.1. The lowest BCUT2D eigenvalue weighted by atomic mass is 10.3. The van der Waals surface area contributed by atoms with Crippen LogP contribution in [0.1, 0.15) is 5.56 Å². The first-order chi connectivity index (χ1) is 8.33. The number of hydrogen-bond acceptors (Lipinski definition) is 5. The van der Waals surface area contributed by atoms with E-state index in [1.807, 2.05) is 12.1 Å². The van der Waals surface area contributed by atoms with Crippen molar-refractivity contribution in [1.29, 1.82) is 0 Å². The van der Waals surface area contributed by atoms with E-state index in [0.29, 0.717) is 22.9 Å². The van der Waals surface area contributed by atoms with Crippen LogP contribution in [-0.4, -0.2) is 22.2 Å². The van der Waals surface area contributed by atoms with E-state index in [2.05, 4.69) is 9.97 Å². The van der Waals surface area contributed by atoms with E-state index in [1.54, 1.807) is 19.2 Å². The second kappa shape index (κ2) is 5.27. The molecule has 0 saturated carbocycles. The van der Waals surface area contributed by atoms with Crippen molar-refractivity contribution < 1.29 is 14.6 Å². The second-order valence-electron chi connectivity index (χ2n) is 3.29. The molecule has 0 saturated heterocycles. The van der Waals surface area contributed by atoms with Gasteiger partial charge in [0.2, 0.25) is 5.88 Å². The van der Waals surface area contributed by atoms with Crippen LogP contribution in [-0.2, 0) is 6.61 Å². The van der Waals surface area contributed by atoms with Crippen LogP contribution in [0.3, 0.4) is 0 Å². The highest BCUT2D eigenvalue weighted by molar-refractivity contribution is 5.36. The Morgan fingerprint density at radius 3 is 2.88 bits per heavy atom. The molecule has 88 valence electrons. The van der Waals surface area contributed by atoms with Gasteiger partial charge < -0.3 is 14.6 Å². The van der Waals surface area contributed by atoms with Crippen LogP contribution in [0.15, 0.2) is 36.8 Å². The van der Waals surface area contributed by atoms with Crippen molar-refractivity contribution in [3.05, 3.63) is 42.4 Å². The molecular weight excluding hydrogens is 220 g/mol. The van der Waals surface area contributed by atoms with Gasteiger partial charge in [-0.2, -0.15) is 0 Å². The molecule has 0 aliphatic carbocycles. The fraction of sp³-hybridized carbons (Fsp3) is 0.167. The molecule has 5 nitrogen and oxygen atoms in total. The average molecular weight is 232 g/mol. The van der Waals surface area contributed by atoms with Crippen LogP contribution in [0.2, 0.25) is 0 Å². The molecule has 1 heterocycles. The lowest BCUT2D eigenvalue weighted by Gasteiger charge is -2.08. The number of ether oxygens (including phenoxy) is 2. The molecule has 0 aliphatic rings. The average Bonchev–Trinajstić information content (AvgIpc) is 2.39.